The number of thioether (sulfide) groups is 1. The minimum Gasteiger partial charge on any atom is -0.368 e. The molecule has 0 aliphatic carbocycles. The SMILES string of the molecule is CC(=O)c1ccc(N2CCN(C(=O)C[C@H]3Sc4ccccc4NC3=O)CC2)cc1. The summed E-state index contributed by atoms with van der Waals surface area (Å²) in [6.07, 6.45) is 0.206. The van der Waals surface area contributed by atoms with Gasteiger partial charge in [0, 0.05) is 48.7 Å². The number of benzene rings is 2. The summed E-state index contributed by atoms with van der Waals surface area (Å²) in [6, 6.07) is 15.2. The maximum Gasteiger partial charge on any atom is 0.238 e. The van der Waals surface area contributed by atoms with Crippen LogP contribution in [0.2, 0.25) is 0 Å². The maximum atomic E-state index is 12.8. The Morgan fingerprint density at radius 2 is 1.72 bits per heavy atom. The molecule has 0 bridgehead atoms. The molecule has 1 atom stereocenters. The van der Waals surface area contributed by atoms with Crippen LogP contribution in [0.3, 0.4) is 0 Å². The van der Waals surface area contributed by atoms with Gasteiger partial charge in [0.2, 0.25) is 11.8 Å². The van der Waals surface area contributed by atoms with E-state index in [0.29, 0.717) is 18.7 Å². The fourth-order valence-electron chi connectivity index (χ4n) is 3.64. The van der Waals surface area contributed by atoms with Crippen LogP contribution in [-0.4, -0.2) is 53.9 Å². The minimum absolute atomic E-state index is 0.0172. The van der Waals surface area contributed by atoms with Gasteiger partial charge < -0.3 is 15.1 Å². The van der Waals surface area contributed by atoms with Gasteiger partial charge >= 0.3 is 0 Å². The quantitative estimate of drug-likeness (QED) is 0.786. The number of anilines is 2. The zero-order valence-electron chi connectivity index (χ0n) is 16.3. The predicted octanol–water partition coefficient (Wildman–Crippen LogP) is 3.04. The van der Waals surface area contributed by atoms with Crippen LogP contribution >= 0.6 is 11.8 Å². The summed E-state index contributed by atoms with van der Waals surface area (Å²) < 4.78 is 0. The summed E-state index contributed by atoms with van der Waals surface area (Å²) in [5.74, 6) is -0.0333. The first-order chi connectivity index (χ1) is 14.0. The highest BCUT2D eigenvalue weighted by atomic mass is 32.2. The van der Waals surface area contributed by atoms with Crippen molar-refractivity contribution in [2.75, 3.05) is 36.4 Å². The Labute approximate surface area is 174 Å². The van der Waals surface area contributed by atoms with Crippen LogP contribution in [0.25, 0.3) is 0 Å². The first-order valence-electron chi connectivity index (χ1n) is 9.71. The molecule has 1 saturated heterocycles. The number of amides is 2. The zero-order chi connectivity index (χ0) is 20.4. The Balaban J connectivity index is 1.32. The molecule has 2 aliphatic rings. The van der Waals surface area contributed by atoms with Crippen LogP contribution in [0.4, 0.5) is 11.4 Å². The molecular formula is C22H23N3O3S. The molecule has 150 valence electrons. The molecule has 2 amide bonds. The molecule has 0 spiro atoms. The number of Topliss-reactive ketones (excluding diaryl/α,β-unsaturated/α-hetero) is 1. The monoisotopic (exact) mass is 409 g/mol. The number of rotatable bonds is 4. The Morgan fingerprint density at radius 1 is 1.03 bits per heavy atom. The molecule has 0 radical (unpaired) electrons. The van der Waals surface area contributed by atoms with E-state index in [1.807, 2.05) is 53.4 Å². The third-order valence-electron chi connectivity index (χ3n) is 5.34. The number of ketones is 1. The lowest BCUT2D eigenvalue weighted by Crippen LogP contribution is -2.49. The van der Waals surface area contributed by atoms with Crippen molar-refractivity contribution in [3.63, 3.8) is 0 Å². The Hall–Kier alpha value is -2.80. The van der Waals surface area contributed by atoms with Crippen LogP contribution in [0.1, 0.15) is 23.7 Å². The number of carbonyl (C=O) groups is 3. The molecule has 1 fully saturated rings. The second kappa shape index (κ2) is 8.29. The van der Waals surface area contributed by atoms with E-state index >= 15 is 0 Å². The minimum atomic E-state index is -0.394. The van der Waals surface area contributed by atoms with Gasteiger partial charge in [-0.2, -0.15) is 0 Å². The average molecular weight is 410 g/mol. The highest BCUT2D eigenvalue weighted by molar-refractivity contribution is 8.01. The molecule has 4 rings (SSSR count). The van der Waals surface area contributed by atoms with Crippen LogP contribution in [0.15, 0.2) is 53.4 Å². The van der Waals surface area contributed by atoms with Gasteiger partial charge in [-0.15, -0.1) is 11.8 Å². The van der Waals surface area contributed by atoms with Gasteiger partial charge in [0.15, 0.2) is 5.78 Å². The molecule has 2 aliphatic heterocycles. The Kier molecular flexibility index (Phi) is 5.58. The van der Waals surface area contributed by atoms with E-state index in [9.17, 15) is 14.4 Å². The number of fused-ring (bicyclic) bond motifs is 1. The number of nitrogens with zero attached hydrogens (tertiary/aromatic N) is 2. The lowest BCUT2D eigenvalue weighted by atomic mass is 10.1. The zero-order valence-corrected chi connectivity index (χ0v) is 17.1. The molecule has 1 N–H and O–H groups in total. The molecule has 0 unspecified atom stereocenters. The van der Waals surface area contributed by atoms with Crippen LogP contribution in [0, 0.1) is 0 Å². The Morgan fingerprint density at radius 3 is 2.41 bits per heavy atom. The van der Waals surface area contributed by atoms with E-state index in [4.69, 9.17) is 0 Å². The number of hydrogen-bond donors (Lipinski definition) is 1. The third kappa shape index (κ3) is 4.29. The smallest absolute Gasteiger partial charge is 0.238 e. The number of carbonyl (C=O) groups excluding carboxylic acids is 3. The van der Waals surface area contributed by atoms with Crippen molar-refractivity contribution in [2.45, 2.75) is 23.5 Å². The number of piperazine rings is 1. The van der Waals surface area contributed by atoms with E-state index in [0.717, 1.165) is 29.4 Å². The van der Waals surface area contributed by atoms with Crippen LogP contribution < -0.4 is 10.2 Å². The molecule has 6 nitrogen and oxygen atoms in total. The molecule has 0 saturated carbocycles. The van der Waals surface area contributed by atoms with Crippen LogP contribution in [0.5, 0.6) is 0 Å². The molecule has 2 aromatic rings. The predicted molar refractivity (Wildman–Crippen MR) is 115 cm³/mol. The maximum absolute atomic E-state index is 12.8. The van der Waals surface area contributed by atoms with E-state index in [2.05, 4.69) is 10.2 Å². The normalized spacial score (nSPS) is 18.8. The van der Waals surface area contributed by atoms with Gasteiger partial charge in [0.25, 0.3) is 0 Å². The van der Waals surface area contributed by atoms with Gasteiger partial charge in [-0.3, -0.25) is 14.4 Å². The number of para-hydroxylation sites is 1. The van der Waals surface area contributed by atoms with Gasteiger partial charge in [-0.1, -0.05) is 12.1 Å². The van der Waals surface area contributed by atoms with Crippen molar-refractivity contribution >= 4 is 40.7 Å². The van der Waals surface area contributed by atoms with Gasteiger partial charge in [0.1, 0.15) is 0 Å². The van der Waals surface area contributed by atoms with Crippen molar-refractivity contribution in [3.05, 3.63) is 54.1 Å². The van der Waals surface area contributed by atoms with Crippen molar-refractivity contribution in [2.24, 2.45) is 0 Å². The second-order valence-corrected chi connectivity index (χ2v) is 8.51. The summed E-state index contributed by atoms with van der Waals surface area (Å²) in [5, 5.41) is 2.50. The fourth-order valence-corrected chi connectivity index (χ4v) is 4.74. The largest absolute Gasteiger partial charge is 0.368 e. The third-order valence-corrected chi connectivity index (χ3v) is 6.61. The van der Waals surface area contributed by atoms with Gasteiger partial charge in [0.05, 0.1) is 10.9 Å². The van der Waals surface area contributed by atoms with Gasteiger partial charge in [-0.25, -0.2) is 0 Å². The lowest BCUT2D eigenvalue weighted by molar-refractivity contribution is -0.132. The molecule has 2 aromatic carbocycles. The van der Waals surface area contributed by atoms with E-state index in [-0.39, 0.29) is 24.0 Å². The van der Waals surface area contributed by atoms with E-state index < -0.39 is 5.25 Å². The van der Waals surface area contributed by atoms with Crippen molar-refractivity contribution in [3.8, 4) is 0 Å². The molecule has 2 heterocycles. The van der Waals surface area contributed by atoms with E-state index in [1.54, 1.807) is 6.92 Å². The van der Waals surface area contributed by atoms with Crippen molar-refractivity contribution in [1.82, 2.24) is 4.90 Å². The summed E-state index contributed by atoms with van der Waals surface area (Å²) in [5.41, 5.74) is 2.57. The van der Waals surface area contributed by atoms with E-state index in [1.165, 1.54) is 11.8 Å². The van der Waals surface area contributed by atoms with Crippen molar-refractivity contribution in [1.29, 1.82) is 0 Å². The first-order valence-corrected chi connectivity index (χ1v) is 10.6. The number of nitrogens with one attached hydrogen (secondary N) is 1. The Bertz CT molecular complexity index is 937. The summed E-state index contributed by atoms with van der Waals surface area (Å²) in [6.45, 7) is 4.28. The summed E-state index contributed by atoms with van der Waals surface area (Å²) in [7, 11) is 0. The lowest BCUT2D eigenvalue weighted by Gasteiger charge is -2.37. The topological polar surface area (TPSA) is 69.7 Å². The average Bonchev–Trinajstić information content (AvgIpc) is 2.74. The summed E-state index contributed by atoms with van der Waals surface area (Å²) in [4.78, 5) is 41.6. The summed E-state index contributed by atoms with van der Waals surface area (Å²) >= 11 is 1.46. The van der Waals surface area contributed by atoms with Crippen molar-refractivity contribution < 1.29 is 14.4 Å². The standard InChI is InChI=1S/C22H23N3O3S/c1-15(26)16-6-8-17(9-7-16)24-10-12-25(13-11-24)21(27)14-20-22(28)23-18-4-2-3-5-19(18)29-20/h2-9,20H,10-14H2,1H3,(H,23,28)/t20-/m1/s1. The first kappa shape index (κ1) is 19.5. The molecular weight excluding hydrogens is 386 g/mol. The number of hydrogen-bond acceptors (Lipinski definition) is 5. The highest BCUT2D eigenvalue weighted by Crippen LogP contribution is 2.36. The van der Waals surface area contributed by atoms with Crippen LogP contribution in [-0.2, 0) is 9.59 Å². The second-order valence-electron chi connectivity index (χ2n) is 7.27. The highest BCUT2D eigenvalue weighted by Gasteiger charge is 2.31. The molecule has 29 heavy (non-hydrogen) atoms. The molecule has 0 aromatic heterocycles. The molecule has 7 heteroatoms. The fraction of sp³-hybridized carbons (Fsp3) is 0.318. The van der Waals surface area contributed by atoms with Gasteiger partial charge in [-0.05, 0) is 43.3 Å².